The Labute approximate surface area is 116 Å². The van der Waals surface area contributed by atoms with Gasteiger partial charge in [-0.2, -0.15) is 0 Å². The Morgan fingerprint density at radius 2 is 2.05 bits per heavy atom. The van der Waals surface area contributed by atoms with E-state index in [1.165, 1.54) is 24.8 Å². The van der Waals surface area contributed by atoms with E-state index in [2.05, 4.69) is 47.2 Å². The summed E-state index contributed by atoms with van der Waals surface area (Å²) in [5.41, 5.74) is 1.37. The summed E-state index contributed by atoms with van der Waals surface area (Å²) in [6.07, 6.45) is 3.86. The lowest BCUT2D eigenvalue weighted by Crippen LogP contribution is -2.46. The van der Waals surface area contributed by atoms with E-state index in [4.69, 9.17) is 5.11 Å². The Kier molecular flexibility index (Phi) is 5.83. The van der Waals surface area contributed by atoms with Crippen LogP contribution in [-0.4, -0.2) is 54.2 Å². The summed E-state index contributed by atoms with van der Waals surface area (Å²) in [6, 6.07) is 11.2. The van der Waals surface area contributed by atoms with Crippen molar-refractivity contribution in [1.82, 2.24) is 9.80 Å². The maximum atomic E-state index is 9.15. The minimum atomic E-state index is 0.277. The molecule has 1 heterocycles. The van der Waals surface area contributed by atoms with Crippen molar-refractivity contribution in [2.24, 2.45) is 0 Å². The number of rotatable bonds is 6. The van der Waals surface area contributed by atoms with Gasteiger partial charge in [0.25, 0.3) is 0 Å². The summed E-state index contributed by atoms with van der Waals surface area (Å²) >= 11 is 0. The van der Waals surface area contributed by atoms with Crippen molar-refractivity contribution in [3.8, 4) is 0 Å². The van der Waals surface area contributed by atoms with Crippen LogP contribution < -0.4 is 0 Å². The highest BCUT2D eigenvalue weighted by molar-refractivity contribution is 5.14. The molecule has 0 radical (unpaired) electrons. The van der Waals surface area contributed by atoms with Crippen LogP contribution in [0.5, 0.6) is 0 Å². The molecule has 0 spiro atoms. The molecule has 0 aliphatic carbocycles. The van der Waals surface area contributed by atoms with Gasteiger partial charge < -0.3 is 10.0 Å². The number of benzene rings is 1. The number of β-amino-alcohol motifs (C(OH)–C–C–N with tert-alkyl or cyclic N) is 1. The van der Waals surface area contributed by atoms with Crippen LogP contribution in [0, 0.1) is 0 Å². The fraction of sp³-hybridized carbons (Fsp3) is 0.625. The number of nitrogens with zero attached hydrogens (tertiary/aromatic N) is 2. The average Bonchev–Trinajstić information content (AvgIpc) is 2.42. The maximum absolute atomic E-state index is 9.15. The molecule has 3 heteroatoms. The zero-order valence-electron chi connectivity index (χ0n) is 12.0. The molecule has 0 bridgehead atoms. The molecule has 1 saturated heterocycles. The number of hydrogen-bond acceptors (Lipinski definition) is 3. The van der Waals surface area contributed by atoms with Crippen LogP contribution in [0.15, 0.2) is 30.3 Å². The van der Waals surface area contributed by atoms with Crippen molar-refractivity contribution in [3.05, 3.63) is 35.9 Å². The largest absolute Gasteiger partial charge is 0.395 e. The number of likely N-dealkylation sites (tertiary alicyclic amines) is 1. The maximum Gasteiger partial charge on any atom is 0.0558 e. The molecule has 0 unspecified atom stereocenters. The first kappa shape index (κ1) is 14.5. The standard InChI is InChI=1S/C16H26N2O/c1-17(13-15-7-3-2-4-8-15)14-16-9-5-6-10-18(16)11-12-19/h2-4,7-8,16,19H,5-6,9-14H2,1H3/t16-/m0/s1. The van der Waals surface area contributed by atoms with Crippen molar-refractivity contribution in [2.75, 3.05) is 33.3 Å². The fourth-order valence-electron chi connectivity index (χ4n) is 3.01. The zero-order chi connectivity index (χ0) is 13.5. The minimum absolute atomic E-state index is 0.277. The second kappa shape index (κ2) is 7.63. The van der Waals surface area contributed by atoms with Crippen LogP contribution in [0.25, 0.3) is 0 Å². The molecule has 0 saturated carbocycles. The summed E-state index contributed by atoms with van der Waals surface area (Å²) in [5, 5.41) is 9.15. The third-order valence-electron chi connectivity index (χ3n) is 3.95. The molecular formula is C16H26N2O. The van der Waals surface area contributed by atoms with E-state index in [9.17, 15) is 0 Å². The molecule has 0 aromatic heterocycles. The number of aliphatic hydroxyl groups is 1. The van der Waals surface area contributed by atoms with Gasteiger partial charge in [0.15, 0.2) is 0 Å². The monoisotopic (exact) mass is 262 g/mol. The third kappa shape index (κ3) is 4.60. The van der Waals surface area contributed by atoms with E-state index in [0.29, 0.717) is 6.04 Å². The first-order valence-electron chi connectivity index (χ1n) is 7.37. The highest BCUT2D eigenvalue weighted by Gasteiger charge is 2.22. The molecule has 1 aliphatic heterocycles. The van der Waals surface area contributed by atoms with Gasteiger partial charge in [0, 0.05) is 25.7 Å². The lowest BCUT2D eigenvalue weighted by Gasteiger charge is -2.37. The summed E-state index contributed by atoms with van der Waals surface area (Å²) in [4.78, 5) is 4.85. The molecule has 1 atom stereocenters. The summed E-state index contributed by atoms with van der Waals surface area (Å²) in [6.45, 7) is 4.34. The van der Waals surface area contributed by atoms with Crippen LogP contribution >= 0.6 is 0 Å². The highest BCUT2D eigenvalue weighted by Crippen LogP contribution is 2.17. The second-order valence-corrected chi connectivity index (χ2v) is 5.59. The van der Waals surface area contributed by atoms with Gasteiger partial charge in [0.05, 0.1) is 6.61 Å². The Hall–Kier alpha value is -0.900. The van der Waals surface area contributed by atoms with E-state index in [1.807, 2.05) is 0 Å². The quantitative estimate of drug-likeness (QED) is 0.849. The predicted molar refractivity (Wildman–Crippen MR) is 79.1 cm³/mol. The lowest BCUT2D eigenvalue weighted by atomic mass is 10.0. The Morgan fingerprint density at radius 1 is 1.26 bits per heavy atom. The number of likely N-dealkylation sites (N-methyl/N-ethyl adjacent to an activating group) is 1. The van der Waals surface area contributed by atoms with Crippen LogP contribution in [-0.2, 0) is 6.54 Å². The summed E-state index contributed by atoms with van der Waals surface area (Å²) < 4.78 is 0. The van der Waals surface area contributed by atoms with Crippen molar-refractivity contribution in [1.29, 1.82) is 0 Å². The predicted octanol–water partition coefficient (Wildman–Crippen LogP) is 1.97. The smallest absolute Gasteiger partial charge is 0.0558 e. The van der Waals surface area contributed by atoms with Gasteiger partial charge in [-0.15, -0.1) is 0 Å². The molecule has 1 aliphatic rings. The minimum Gasteiger partial charge on any atom is -0.395 e. The molecule has 1 N–H and O–H groups in total. The van der Waals surface area contributed by atoms with E-state index in [-0.39, 0.29) is 6.61 Å². The Balaban J connectivity index is 1.84. The molecule has 1 aromatic carbocycles. The van der Waals surface area contributed by atoms with Gasteiger partial charge in [-0.25, -0.2) is 0 Å². The van der Waals surface area contributed by atoms with Crippen molar-refractivity contribution in [2.45, 2.75) is 31.8 Å². The van der Waals surface area contributed by atoms with Gasteiger partial charge in [-0.05, 0) is 32.0 Å². The molecule has 1 aromatic rings. The molecular weight excluding hydrogens is 236 g/mol. The zero-order valence-corrected chi connectivity index (χ0v) is 12.0. The molecule has 0 amide bonds. The molecule has 2 rings (SSSR count). The fourth-order valence-corrected chi connectivity index (χ4v) is 3.01. The highest BCUT2D eigenvalue weighted by atomic mass is 16.3. The van der Waals surface area contributed by atoms with Gasteiger partial charge in [0.1, 0.15) is 0 Å². The van der Waals surface area contributed by atoms with Gasteiger partial charge in [-0.1, -0.05) is 36.8 Å². The summed E-state index contributed by atoms with van der Waals surface area (Å²) in [7, 11) is 2.19. The molecule has 1 fully saturated rings. The lowest BCUT2D eigenvalue weighted by molar-refractivity contribution is 0.0908. The first-order chi connectivity index (χ1) is 9.29. The average molecular weight is 262 g/mol. The van der Waals surface area contributed by atoms with Crippen molar-refractivity contribution < 1.29 is 5.11 Å². The van der Waals surface area contributed by atoms with Crippen LogP contribution in [0.4, 0.5) is 0 Å². The van der Waals surface area contributed by atoms with E-state index in [0.717, 1.165) is 26.2 Å². The Morgan fingerprint density at radius 3 is 2.79 bits per heavy atom. The number of piperidine rings is 1. The SMILES string of the molecule is CN(Cc1ccccc1)C[C@@H]1CCCCN1CCO. The van der Waals surface area contributed by atoms with Gasteiger partial charge in [-0.3, -0.25) is 4.90 Å². The molecule has 3 nitrogen and oxygen atoms in total. The molecule has 19 heavy (non-hydrogen) atoms. The topological polar surface area (TPSA) is 26.7 Å². The molecule has 106 valence electrons. The van der Waals surface area contributed by atoms with Crippen LogP contribution in [0.2, 0.25) is 0 Å². The van der Waals surface area contributed by atoms with E-state index in [1.54, 1.807) is 0 Å². The number of hydrogen-bond donors (Lipinski definition) is 1. The van der Waals surface area contributed by atoms with E-state index < -0.39 is 0 Å². The Bertz CT molecular complexity index is 353. The normalized spacial score (nSPS) is 20.9. The summed E-state index contributed by atoms with van der Waals surface area (Å²) in [5.74, 6) is 0. The van der Waals surface area contributed by atoms with Crippen molar-refractivity contribution in [3.63, 3.8) is 0 Å². The van der Waals surface area contributed by atoms with Gasteiger partial charge in [0.2, 0.25) is 0 Å². The van der Waals surface area contributed by atoms with Crippen LogP contribution in [0.3, 0.4) is 0 Å². The first-order valence-corrected chi connectivity index (χ1v) is 7.37. The second-order valence-electron chi connectivity index (χ2n) is 5.59. The van der Waals surface area contributed by atoms with Crippen molar-refractivity contribution >= 4 is 0 Å². The third-order valence-corrected chi connectivity index (χ3v) is 3.95. The van der Waals surface area contributed by atoms with Crippen LogP contribution in [0.1, 0.15) is 24.8 Å². The number of aliphatic hydroxyl groups excluding tert-OH is 1. The van der Waals surface area contributed by atoms with E-state index >= 15 is 0 Å². The van der Waals surface area contributed by atoms with Gasteiger partial charge >= 0.3 is 0 Å².